The second-order valence-corrected chi connectivity index (χ2v) is 11.5. The third kappa shape index (κ3) is 4.64. The number of Topliss-reactive ketones (excluding diaryl/α,β-unsaturated/α-hetero) is 2. The van der Waals surface area contributed by atoms with Gasteiger partial charge in [-0.15, -0.1) is 0 Å². The average Bonchev–Trinajstić information content (AvgIpc) is 3.51. The fourth-order valence-corrected chi connectivity index (χ4v) is 6.58. The Morgan fingerprint density at radius 2 is 2.03 bits per heavy atom. The first-order valence-corrected chi connectivity index (χ1v) is 14.3. The Labute approximate surface area is 229 Å². The summed E-state index contributed by atoms with van der Waals surface area (Å²) < 4.78 is 11.7. The zero-order chi connectivity index (χ0) is 27.8. The van der Waals surface area contributed by atoms with Gasteiger partial charge in [0.1, 0.15) is 18.9 Å². The lowest BCUT2D eigenvalue weighted by atomic mass is 9.64. The molecule has 1 saturated carbocycles. The normalized spacial score (nSPS) is 27.5. The standard InChI is InChI=1S/C28H40N6O5/c1-18(8-7-13-30-2)16-39-26-21-25(34(14-15-38-17-34)27(37)33(21)3)31-24(32-26)22(36)19-9-6-12-28(23(19)29)11-5-4-10-20(28)35/h18,30H,4-17H2,1-3H3,(H-,29,36)/p+1. The number of hydrogen-bond donors (Lipinski definition) is 2. The van der Waals surface area contributed by atoms with Crippen molar-refractivity contribution in [1.82, 2.24) is 19.8 Å². The Kier molecular flexibility index (Phi) is 7.76. The maximum Gasteiger partial charge on any atom is 0.432 e. The third-order valence-corrected chi connectivity index (χ3v) is 8.92. The summed E-state index contributed by atoms with van der Waals surface area (Å²) in [4.78, 5) is 51.3. The highest BCUT2D eigenvalue weighted by Gasteiger charge is 2.57. The lowest BCUT2D eigenvalue weighted by Crippen LogP contribution is -2.53. The van der Waals surface area contributed by atoms with E-state index in [1.165, 1.54) is 4.90 Å². The molecule has 1 aromatic heterocycles. The molecule has 39 heavy (non-hydrogen) atoms. The summed E-state index contributed by atoms with van der Waals surface area (Å²) in [6, 6.07) is -0.184. The van der Waals surface area contributed by atoms with Gasteiger partial charge in [0.15, 0.2) is 12.4 Å². The predicted molar refractivity (Wildman–Crippen MR) is 146 cm³/mol. The molecular formula is C28H41N6O5+. The van der Waals surface area contributed by atoms with Crippen molar-refractivity contribution in [3.8, 4) is 5.88 Å². The van der Waals surface area contributed by atoms with Gasteiger partial charge in [-0.05, 0) is 64.5 Å². The van der Waals surface area contributed by atoms with E-state index in [1.54, 1.807) is 7.05 Å². The SMILES string of the molecule is CNCCCC(C)COc1nc(C(=O)C2=C(N)C3(CCCCC3=O)CCC2)nc2c1N(C)C(=O)[N+]21CCOC1. The highest BCUT2D eigenvalue weighted by molar-refractivity contribution is 6.12. The van der Waals surface area contributed by atoms with Crippen LogP contribution in [0.3, 0.4) is 0 Å². The van der Waals surface area contributed by atoms with Gasteiger partial charge in [-0.1, -0.05) is 13.3 Å². The quantitative estimate of drug-likeness (QED) is 0.274. The molecule has 0 radical (unpaired) electrons. The molecule has 3 N–H and O–H groups in total. The molecule has 2 aliphatic carbocycles. The van der Waals surface area contributed by atoms with Crippen LogP contribution in [0.1, 0.15) is 75.3 Å². The molecule has 0 bridgehead atoms. The van der Waals surface area contributed by atoms with Crippen molar-refractivity contribution in [3.63, 3.8) is 0 Å². The molecule has 1 saturated heterocycles. The predicted octanol–water partition coefficient (Wildman–Crippen LogP) is 3.06. The van der Waals surface area contributed by atoms with Crippen molar-refractivity contribution < 1.29 is 23.9 Å². The minimum atomic E-state index is -0.757. The summed E-state index contributed by atoms with van der Waals surface area (Å²) in [5, 5.41) is 3.16. The first kappa shape index (κ1) is 27.7. The maximum atomic E-state index is 14.0. The van der Waals surface area contributed by atoms with Gasteiger partial charge in [0, 0.05) is 24.7 Å². The van der Waals surface area contributed by atoms with E-state index < -0.39 is 5.41 Å². The van der Waals surface area contributed by atoms with Crippen molar-refractivity contribution in [3.05, 3.63) is 17.1 Å². The van der Waals surface area contributed by atoms with Crippen molar-refractivity contribution in [2.24, 2.45) is 17.1 Å². The van der Waals surface area contributed by atoms with Crippen LogP contribution in [0.2, 0.25) is 0 Å². The molecule has 11 nitrogen and oxygen atoms in total. The summed E-state index contributed by atoms with van der Waals surface area (Å²) in [6.45, 7) is 4.39. The van der Waals surface area contributed by atoms with Gasteiger partial charge >= 0.3 is 6.03 Å². The van der Waals surface area contributed by atoms with E-state index in [4.69, 9.17) is 20.2 Å². The summed E-state index contributed by atoms with van der Waals surface area (Å²) in [7, 11) is 3.61. The van der Waals surface area contributed by atoms with Crippen molar-refractivity contribution in [1.29, 1.82) is 0 Å². The van der Waals surface area contributed by atoms with Gasteiger partial charge in [0.05, 0.1) is 12.0 Å². The van der Waals surface area contributed by atoms with Gasteiger partial charge in [-0.3, -0.25) is 14.5 Å². The van der Waals surface area contributed by atoms with Gasteiger partial charge in [0.2, 0.25) is 17.5 Å². The van der Waals surface area contributed by atoms with Crippen LogP contribution in [0.15, 0.2) is 11.3 Å². The molecule has 5 rings (SSSR count). The van der Waals surface area contributed by atoms with Crippen LogP contribution >= 0.6 is 0 Å². The van der Waals surface area contributed by atoms with Gasteiger partial charge in [-0.25, -0.2) is 4.79 Å². The third-order valence-electron chi connectivity index (χ3n) is 8.92. The fraction of sp³-hybridized carbons (Fsp3) is 0.679. The number of carbonyl (C=O) groups excluding carboxylic acids is 3. The number of allylic oxidation sites excluding steroid dienone is 2. The van der Waals surface area contributed by atoms with Crippen LogP contribution in [0, 0.1) is 11.3 Å². The number of rotatable bonds is 9. The van der Waals surface area contributed by atoms with E-state index >= 15 is 0 Å². The fourth-order valence-electron chi connectivity index (χ4n) is 6.58. The lowest BCUT2D eigenvalue weighted by Gasteiger charge is -2.40. The van der Waals surface area contributed by atoms with E-state index in [-0.39, 0.29) is 46.4 Å². The van der Waals surface area contributed by atoms with E-state index in [9.17, 15) is 14.4 Å². The number of nitrogens with one attached hydrogen (secondary N) is 1. The molecule has 4 aliphatic rings. The van der Waals surface area contributed by atoms with E-state index in [0.717, 1.165) is 32.2 Å². The second-order valence-electron chi connectivity index (χ2n) is 11.5. The Hall–Kier alpha value is -2.89. The molecule has 0 aromatic carbocycles. The van der Waals surface area contributed by atoms with Crippen LogP contribution in [0.5, 0.6) is 5.88 Å². The number of carbonyl (C=O) groups is 3. The summed E-state index contributed by atoms with van der Waals surface area (Å²) in [5.74, 6) is 0.595. The highest BCUT2D eigenvalue weighted by atomic mass is 16.5. The van der Waals surface area contributed by atoms with Crippen LogP contribution in [0.25, 0.3) is 0 Å². The molecule has 3 atom stereocenters. The van der Waals surface area contributed by atoms with Crippen LogP contribution in [0.4, 0.5) is 16.3 Å². The van der Waals surface area contributed by atoms with Crippen molar-refractivity contribution in [2.45, 2.75) is 64.7 Å². The lowest BCUT2D eigenvalue weighted by molar-refractivity contribution is -0.129. The monoisotopic (exact) mass is 541 g/mol. The van der Waals surface area contributed by atoms with Crippen molar-refractivity contribution in [2.75, 3.05) is 52.0 Å². The zero-order valence-electron chi connectivity index (χ0n) is 23.4. The van der Waals surface area contributed by atoms with Gasteiger partial charge in [-0.2, -0.15) is 14.5 Å². The Morgan fingerprint density at radius 3 is 2.74 bits per heavy atom. The number of nitrogens with zero attached hydrogens (tertiary/aromatic N) is 4. The molecule has 2 aliphatic heterocycles. The molecule has 1 aromatic rings. The number of aromatic nitrogens is 2. The zero-order valence-corrected chi connectivity index (χ0v) is 23.4. The Balaban J connectivity index is 1.54. The van der Waals surface area contributed by atoms with Crippen LogP contribution in [-0.2, 0) is 9.53 Å². The number of hydrogen-bond acceptors (Lipinski definition) is 9. The van der Waals surface area contributed by atoms with Crippen molar-refractivity contribution >= 4 is 29.1 Å². The number of quaternary nitrogens is 1. The number of ketones is 2. The molecular weight excluding hydrogens is 500 g/mol. The molecule has 212 valence electrons. The molecule has 2 amide bonds. The molecule has 3 unspecified atom stereocenters. The minimum Gasteiger partial charge on any atom is -0.476 e. The first-order valence-electron chi connectivity index (χ1n) is 14.3. The van der Waals surface area contributed by atoms with E-state index in [2.05, 4.69) is 17.2 Å². The van der Waals surface area contributed by atoms with E-state index in [0.29, 0.717) is 74.6 Å². The van der Waals surface area contributed by atoms with Crippen LogP contribution in [-0.4, -0.2) is 74.7 Å². The number of nitrogens with two attached hydrogens (primary N) is 1. The molecule has 11 heteroatoms. The number of fused-ring (bicyclic) bond motifs is 2. The number of anilines is 1. The molecule has 2 fully saturated rings. The van der Waals surface area contributed by atoms with Gasteiger partial charge < -0.3 is 20.5 Å². The second kappa shape index (κ2) is 10.9. The number of urea groups is 1. The topological polar surface area (TPSA) is 137 Å². The minimum absolute atomic E-state index is 0.0441. The Morgan fingerprint density at radius 1 is 1.23 bits per heavy atom. The Bertz CT molecular complexity index is 1190. The van der Waals surface area contributed by atoms with Gasteiger partial charge in [0.25, 0.3) is 5.82 Å². The van der Waals surface area contributed by atoms with Crippen LogP contribution < -0.4 is 25.2 Å². The maximum absolute atomic E-state index is 14.0. The highest BCUT2D eigenvalue weighted by Crippen LogP contribution is 2.49. The smallest absolute Gasteiger partial charge is 0.432 e. The molecule has 2 spiro atoms. The summed E-state index contributed by atoms with van der Waals surface area (Å²) in [5.41, 5.74) is 7.17. The largest absolute Gasteiger partial charge is 0.476 e. The summed E-state index contributed by atoms with van der Waals surface area (Å²) in [6.07, 6.45) is 6.79. The summed E-state index contributed by atoms with van der Waals surface area (Å²) >= 11 is 0. The average molecular weight is 542 g/mol. The number of amides is 2. The van der Waals surface area contributed by atoms with E-state index in [1.807, 2.05) is 7.05 Å². The molecule has 3 heterocycles. The number of ether oxygens (including phenoxy) is 2. The first-order chi connectivity index (χ1) is 18.7.